The largest absolute Gasteiger partial charge is 0.481 e. The first-order valence-electron chi connectivity index (χ1n) is 8.97. The van der Waals surface area contributed by atoms with Crippen molar-refractivity contribution < 1.29 is 19.5 Å². The maximum atomic E-state index is 12.6. The molecular formula is C19H25ClN2O4. The van der Waals surface area contributed by atoms with Crippen LogP contribution in [0.3, 0.4) is 0 Å². The van der Waals surface area contributed by atoms with Gasteiger partial charge in [0.25, 0.3) is 5.91 Å². The minimum atomic E-state index is -0.893. The van der Waals surface area contributed by atoms with Crippen molar-refractivity contribution in [1.29, 1.82) is 0 Å². The Bertz CT molecular complexity index is 647. The summed E-state index contributed by atoms with van der Waals surface area (Å²) in [6.07, 6.45) is 2.72. The van der Waals surface area contributed by atoms with Crippen molar-refractivity contribution >= 4 is 29.4 Å². The van der Waals surface area contributed by atoms with Gasteiger partial charge in [-0.25, -0.2) is 0 Å². The maximum absolute atomic E-state index is 12.6. The van der Waals surface area contributed by atoms with Crippen LogP contribution in [0.5, 0.6) is 0 Å². The lowest BCUT2D eigenvalue weighted by Crippen LogP contribution is -2.46. The van der Waals surface area contributed by atoms with Crippen LogP contribution in [-0.2, 0) is 9.59 Å². The van der Waals surface area contributed by atoms with Gasteiger partial charge in [-0.15, -0.1) is 0 Å². The number of aliphatic carboxylic acids is 1. The molecule has 1 aliphatic rings. The molecule has 1 heterocycles. The molecule has 7 heteroatoms. The van der Waals surface area contributed by atoms with Gasteiger partial charge in [0, 0.05) is 30.2 Å². The Hall–Kier alpha value is -2.08. The summed E-state index contributed by atoms with van der Waals surface area (Å²) in [6, 6.07) is 6.69. The number of carbonyl (C=O) groups excluding carboxylic acids is 2. The lowest BCUT2D eigenvalue weighted by molar-refractivity contribution is -0.142. The van der Waals surface area contributed by atoms with E-state index in [2.05, 4.69) is 5.32 Å². The zero-order chi connectivity index (χ0) is 19.1. The summed E-state index contributed by atoms with van der Waals surface area (Å²) >= 11 is 5.85. The van der Waals surface area contributed by atoms with Gasteiger partial charge >= 0.3 is 5.97 Å². The normalized spacial score (nSPS) is 18.2. The van der Waals surface area contributed by atoms with E-state index in [1.54, 1.807) is 29.2 Å². The molecule has 2 atom stereocenters. The molecule has 1 fully saturated rings. The second kappa shape index (κ2) is 9.57. The summed E-state index contributed by atoms with van der Waals surface area (Å²) in [6.45, 7) is 3.00. The molecule has 0 saturated carbocycles. The first kappa shape index (κ1) is 20.2. The molecular weight excluding hydrogens is 356 g/mol. The zero-order valence-corrected chi connectivity index (χ0v) is 15.7. The van der Waals surface area contributed by atoms with Gasteiger partial charge < -0.3 is 15.3 Å². The molecule has 1 aromatic carbocycles. The molecule has 26 heavy (non-hydrogen) atoms. The molecule has 2 rings (SSSR count). The van der Waals surface area contributed by atoms with Crippen LogP contribution >= 0.6 is 11.6 Å². The molecule has 0 radical (unpaired) electrons. The van der Waals surface area contributed by atoms with Crippen molar-refractivity contribution in [3.05, 3.63) is 34.9 Å². The van der Waals surface area contributed by atoms with Crippen LogP contribution < -0.4 is 5.32 Å². The maximum Gasteiger partial charge on any atom is 0.308 e. The Kier molecular flexibility index (Phi) is 7.45. The van der Waals surface area contributed by atoms with Crippen LogP contribution in [0.15, 0.2) is 24.3 Å². The van der Waals surface area contributed by atoms with E-state index < -0.39 is 11.9 Å². The van der Waals surface area contributed by atoms with E-state index >= 15 is 0 Å². The molecule has 0 aliphatic carbocycles. The van der Waals surface area contributed by atoms with Crippen LogP contribution in [0.4, 0.5) is 0 Å². The van der Waals surface area contributed by atoms with Crippen LogP contribution in [0, 0.1) is 11.8 Å². The number of carboxylic acids is 1. The molecule has 1 saturated heterocycles. The van der Waals surface area contributed by atoms with Crippen LogP contribution in [-0.4, -0.2) is 47.4 Å². The van der Waals surface area contributed by atoms with E-state index in [1.165, 1.54) is 0 Å². The Morgan fingerprint density at radius 1 is 1.31 bits per heavy atom. The predicted molar refractivity (Wildman–Crippen MR) is 99.1 cm³/mol. The molecule has 6 nitrogen and oxygen atoms in total. The summed E-state index contributed by atoms with van der Waals surface area (Å²) in [5.41, 5.74) is 0.546. The second-order valence-electron chi connectivity index (χ2n) is 6.67. The molecule has 0 aromatic heterocycles. The van der Waals surface area contributed by atoms with Gasteiger partial charge in [-0.2, -0.15) is 0 Å². The number of rotatable bonds is 7. The van der Waals surface area contributed by atoms with E-state index in [0.29, 0.717) is 36.5 Å². The first-order valence-corrected chi connectivity index (χ1v) is 9.35. The summed E-state index contributed by atoms with van der Waals surface area (Å²) in [4.78, 5) is 37.9. The smallest absolute Gasteiger partial charge is 0.308 e. The Balaban J connectivity index is 1.92. The minimum absolute atomic E-state index is 0.117. The Morgan fingerprint density at radius 3 is 2.62 bits per heavy atom. The molecule has 1 aliphatic heterocycles. The predicted octanol–water partition coefficient (Wildman–Crippen LogP) is 2.81. The molecule has 142 valence electrons. The molecule has 0 spiro atoms. The second-order valence-corrected chi connectivity index (χ2v) is 7.10. The number of likely N-dealkylation sites (tertiary alicyclic amines) is 1. The zero-order valence-electron chi connectivity index (χ0n) is 14.9. The number of hydrogen-bond donors (Lipinski definition) is 2. The van der Waals surface area contributed by atoms with Crippen molar-refractivity contribution in [2.24, 2.45) is 11.8 Å². The Morgan fingerprint density at radius 2 is 2.00 bits per heavy atom. The number of nitrogens with one attached hydrogen (secondary N) is 1. The Labute approximate surface area is 158 Å². The van der Waals surface area contributed by atoms with Gasteiger partial charge in [0.15, 0.2) is 0 Å². The highest BCUT2D eigenvalue weighted by Gasteiger charge is 2.29. The highest BCUT2D eigenvalue weighted by atomic mass is 35.5. The summed E-state index contributed by atoms with van der Waals surface area (Å²) < 4.78 is 0. The van der Waals surface area contributed by atoms with E-state index in [-0.39, 0.29) is 24.3 Å². The van der Waals surface area contributed by atoms with Gasteiger partial charge in [-0.05, 0) is 43.5 Å². The number of benzene rings is 1. The number of piperidine rings is 1. The summed E-state index contributed by atoms with van der Waals surface area (Å²) in [7, 11) is 0. The first-order chi connectivity index (χ1) is 12.4. The van der Waals surface area contributed by atoms with E-state index in [0.717, 1.165) is 12.8 Å². The van der Waals surface area contributed by atoms with Gasteiger partial charge in [-0.3, -0.25) is 14.4 Å². The topological polar surface area (TPSA) is 86.7 Å². The number of carbonyl (C=O) groups is 3. The fourth-order valence-corrected chi connectivity index (χ4v) is 3.31. The fraction of sp³-hybridized carbons (Fsp3) is 0.526. The van der Waals surface area contributed by atoms with Gasteiger partial charge in [0.2, 0.25) is 5.91 Å². The van der Waals surface area contributed by atoms with Gasteiger partial charge in [-0.1, -0.05) is 24.9 Å². The van der Waals surface area contributed by atoms with Crippen LogP contribution in [0.2, 0.25) is 5.02 Å². The van der Waals surface area contributed by atoms with Crippen LogP contribution in [0.1, 0.15) is 43.0 Å². The molecule has 0 bridgehead atoms. The van der Waals surface area contributed by atoms with E-state index in [1.807, 2.05) is 6.92 Å². The molecule has 2 N–H and O–H groups in total. The van der Waals surface area contributed by atoms with E-state index in [4.69, 9.17) is 11.6 Å². The van der Waals surface area contributed by atoms with Crippen molar-refractivity contribution in [2.45, 2.75) is 32.6 Å². The minimum Gasteiger partial charge on any atom is -0.481 e. The third-order valence-electron chi connectivity index (χ3n) is 4.68. The molecule has 1 aromatic rings. The van der Waals surface area contributed by atoms with E-state index in [9.17, 15) is 19.5 Å². The van der Waals surface area contributed by atoms with Crippen molar-refractivity contribution in [3.8, 4) is 0 Å². The summed E-state index contributed by atoms with van der Waals surface area (Å²) in [5, 5.41) is 12.5. The van der Waals surface area contributed by atoms with Crippen molar-refractivity contribution in [1.82, 2.24) is 10.2 Å². The number of carboxylic acid groups (broad SMARTS) is 1. The monoisotopic (exact) mass is 380 g/mol. The SMILES string of the molecule is CCCC(CNC(=O)C1CCCN(C(=O)c2ccc(Cl)cc2)C1)C(=O)O. The van der Waals surface area contributed by atoms with Gasteiger partial charge in [0.1, 0.15) is 0 Å². The average molecular weight is 381 g/mol. The standard InChI is InChI=1S/C19H25ClN2O4/c1-2-4-14(19(25)26)11-21-17(23)15-5-3-10-22(12-15)18(24)13-6-8-16(20)9-7-13/h6-9,14-15H,2-5,10-12H2,1H3,(H,21,23)(H,25,26). The number of nitrogens with zero attached hydrogens (tertiary/aromatic N) is 1. The lowest BCUT2D eigenvalue weighted by Gasteiger charge is -2.32. The summed E-state index contributed by atoms with van der Waals surface area (Å²) in [5.74, 6) is -2.07. The van der Waals surface area contributed by atoms with Crippen LogP contribution in [0.25, 0.3) is 0 Å². The number of hydrogen-bond acceptors (Lipinski definition) is 3. The van der Waals surface area contributed by atoms with Gasteiger partial charge in [0.05, 0.1) is 11.8 Å². The highest BCUT2D eigenvalue weighted by Crippen LogP contribution is 2.20. The number of amides is 2. The molecule has 2 unspecified atom stereocenters. The highest BCUT2D eigenvalue weighted by molar-refractivity contribution is 6.30. The quantitative estimate of drug-likeness (QED) is 0.761. The third-order valence-corrected chi connectivity index (χ3v) is 4.93. The number of halogens is 1. The molecule has 2 amide bonds. The van der Waals surface area contributed by atoms with Crippen molar-refractivity contribution in [3.63, 3.8) is 0 Å². The average Bonchev–Trinajstić information content (AvgIpc) is 2.64. The third kappa shape index (κ3) is 5.46. The fourth-order valence-electron chi connectivity index (χ4n) is 3.18. The lowest BCUT2D eigenvalue weighted by atomic mass is 9.96. The van der Waals surface area contributed by atoms with Crippen molar-refractivity contribution in [2.75, 3.05) is 19.6 Å².